The number of ether oxygens (including phenoxy) is 2. The maximum absolute atomic E-state index is 12.9. The van der Waals surface area contributed by atoms with Crippen LogP contribution in [0.2, 0.25) is 0 Å². The SMILES string of the molecule is CC(Oc1ccccc1)C(=O)N1CCCC1COc1ccc(C(=O)N2CCCC2)cc1. The molecule has 0 spiro atoms. The van der Waals surface area contributed by atoms with Crippen LogP contribution in [0.15, 0.2) is 54.6 Å². The van der Waals surface area contributed by atoms with E-state index in [-0.39, 0.29) is 17.9 Å². The molecule has 2 aromatic carbocycles. The minimum absolute atomic E-state index is 0.0125. The molecule has 164 valence electrons. The molecule has 2 fully saturated rings. The number of benzene rings is 2. The maximum Gasteiger partial charge on any atom is 0.263 e. The number of hydrogen-bond donors (Lipinski definition) is 0. The van der Waals surface area contributed by atoms with E-state index in [1.807, 2.05) is 64.4 Å². The molecule has 0 bridgehead atoms. The summed E-state index contributed by atoms with van der Waals surface area (Å²) in [5.41, 5.74) is 0.693. The van der Waals surface area contributed by atoms with Crippen LogP contribution in [0.5, 0.6) is 11.5 Å². The average Bonchev–Trinajstić information content (AvgIpc) is 3.50. The number of rotatable bonds is 7. The molecule has 2 aromatic rings. The van der Waals surface area contributed by atoms with Crippen molar-refractivity contribution in [3.63, 3.8) is 0 Å². The zero-order valence-corrected chi connectivity index (χ0v) is 18.0. The molecule has 2 aliphatic heterocycles. The molecule has 2 unspecified atom stereocenters. The number of nitrogens with zero attached hydrogens (tertiary/aromatic N) is 2. The highest BCUT2D eigenvalue weighted by Gasteiger charge is 2.32. The second-order valence-corrected chi connectivity index (χ2v) is 8.24. The van der Waals surface area contributed by atoms with E-state index in [1.165, 1.54) is 0 Å². The topological polar surface area (TPSA) is 59.1 Å². The Labute approximate surface area is 183 Å². The van der Waals surface area contributed by atoms with Gasteiger partial charge < -0.3 is 19.3 Å². The second kappa shape index (κ2) is 9.86. The lowest BCUT2D eigenvalue weighted by molar-refractivity contribution is -0.139. The number of carbonyl (C=O) groups excluding carboxylic acids is 2. The van der Waals surface area contributed by atoms with Gasteiger partial charge in [0.1, 0.15) is 18.1 Å². The Hall–Kier alpha value is -3.02. The maximum atomic E-state index is 12.9. The van der Waals surface area contributed by atoms with E-state index in [0.29, 0.717) is 23.7 Å². The van der Waals surface area contributed by atoms with Crippen molar-refractivity contribution in [2.45, 2.75) is 44.8 Å². The van der Waals surface area contributed by atoms with Gasteiger partial charge in [-0.1, -0.05) is 18.2 Å². The predicted molar refractivity (Wildman–Crippen MR) is 118 cm³/mol. The highest BCUT2D eigenvalue weighted by Crippen LogP contribution is 2.22. The molecule has 2 amide bonds. The molecule has 31 heavy (non-hydrogen) atoms. The van der Waals surface area contributed by atoms with Gasteiger partial charge >= 0.3 is 0 Å². The fourth-order valence-electron chi connectivity index (χ4n) is 4.28. The van der Waals surface area contributed by atoms with E-state index < -0.39 is 6.10 Å². The van der Waals surface area contributed by atoms with Crippen LogP contribution >= 0.6 is 0 Å². The van der Waals surface area contributed by atoms with Crippen molar-refractivity contribution in [1.82, 2.24) is 9.80 Å². The summed E-state index contributed by atoms with van der Waals surface area (Å²) in [5.74, 6) is 1.48. The molecule has 2 atom stereocenters. The van der Waals surface area contributed by atoms with Gasteiger partial charge in [-0.15, -0.1) is 0 Å². The third-order valence-corrected chi connectivity index (χ3v) is 6.00. The first-order valence-corrected chi connectivity index (χ1v) is 11.2. The Morgan fingerprint density at radius 2 is 1.65 bits per heavy atom. The second-order valence-electron chi connectivity index (χ2n) is 8.24. The van der Waals surface area contributed by atoms with Gasteiger partial charge in [-0.25, -0.2) is 0 Å². The lowest BCUT2D eigenvalue weighted by Crippen LogP contribution is -2.45. The summed E-state index contributed by atoms with van der Waals surface area (Å²) in [6.45, 7) is 4.63. The van der Waals surface area contributed by atoms with Crippen LogP contribution in [0.4, 0.5) is 0 Å². The van der Waals surface area contributed by atoms with Crippen LogP contribution < -0.4 is 9.47 Å². The molecule has 0 N–H and O–H groups in total. The van der Waals surface area contributed by atoms with E-state index in [9.17, 15) is 9.59 Å². The van der Waals surface area contributed by atoms with Crippen molar-refractivity contribution in [1.29, 1.82) is 0 Å². The third kappa shape index (κ3) is 5.19. The minimum Gasteiger partial charge on any atom is -0.491 e. The van der Waals surface area contributed by atoms with Crippen molar-refractivity contribution >= 4 is 11.8 Å². The van der Waals surface area contributed by atoms with E-state index in [2.05, 4.69) is 0 Å². The molecular formula is C25H30N2O4. The fraction of sp³-hybridized carbons (Fsp3) is 0.440. The lowest BCUT2D eigenvalue weighted by Gasteiger charge is -2.27. The van der Waals surface area contributed by atoms with Crippen molar-refractivity contribution in [2.24, 2.45) is 0 Å². The van der Waals surface area contributed by atoms with Gasteiger partial charge in [0.2, 0.25) is 0 Å². The van der Waals surface area contributed by atoms with Gasteiger partial charge in [0.25, 0.3) is 11.8 Å². The summed E-state index contributed by atoms with van der Waals surface area (Å²) in [6, 6.07) is 16.8. The lowest BCUT2D eigenvalue weighted by atomic mass is 10.2. The number of likely N-dealkylation sites (tertiary alicyclic amines) is 2. The number of amides is 2. The van der Waals surface area contributed by atoms with Crippen molar-refractivity contribution in [3.05, 3.63) is 60.2 Å². The first-order chi connectivity index (χ1) is 15.1. The van der Waals surface area contributed by atoms with Gasteiger partial charge in [-0.05, 0) is 69.0 Å². The standard InChI is InChI=1S/C25H30N2O4/c1-19(31-23-9-3-2-4-10-23)24(28)27-17-7-8-21(27)18-30-22-13-11-20(12-14-22)25(29)26-15-5-6-16-26/h2-4,9-14,19,21H,5-8,15-18H2,1H3. The summed E-state index contributed by atoms with van der Waals surface area (Å²) >= 11 is 0. The van der Waals surface area contributed by atoms with Crippen LogP contribution in [0, 0.1) is 0 Å². The fourth-order valence-corrected chi connectivity index (χ4v) is 4.28. The van der Waals surface area contributed by atoms with Gasteiger partial charge in [-0.2, -0.15) is 0 Å². The predicted octanol–water partition coefficient (Wildman–Crippen LogP) is 3.76. The third-order valence-electron chi connectivity index (χ3n) is 6.00. The minimum atomic E-state index is -0.543. The van der Waals surface area contributed by atoms with E-state index >= 15 is 0 Å². The molecule has 0 aromatic heterocycles. The Kier molecular flexibility index (Phi) is 6.75. The molecule has 0 radical (unpaired) electrons. The largest absolute Gasteiger partial charge is 0.491 e. The van der Waals surface area contributed by atoms with E-state index in [0.717, 1.165) is 45.3 Å². The zero-order valence-electron chi connectivity index (χ0n) is 18.0. The highest BCUT2D eigenvalue weighted by molar-refractivity contribution is 5.94. The molecule has 6 heteroatoms. The van der Waals surface area contributed by atoms with Crippen LogP contribution in [-0.4, -0.2) is 60.0 Å². The summed E-state index contributed by atoms with van der Waals surface area (Å²) in [4.78, 5) is 29.2. The summed E-state index contributed by atoms with van der Waals surface area (Å²) in [7, 11) is 0. The summed E-state index contributed by atoms with van der Waals surface area (Å²) in [6.07, 6.45) is 3.49. The molecule has 2 saturated heterocycles. The first kappa shape index (κ1) is 21.2. The number of para-hydroxylation sites is 1. The average molecular weight is 423 g/mol. The summed E-state index contributed by atoms with van der Waals surface area (Å²) in [5, 5.41) is 0. The van der Waals surface area contributed by atoms with E-state index in [4.69, 9.17) is 9.47 Å². The van der Waals surface area contributed by atoms with Gasteiger partial charge in [0.05, 0.1) is 6.04 Å². The Balaban J connectivity index is 1.30. The first-order valence-electron chi connectivity index (χ1n) is 11.2. The van der Waals surface area contributed by atoms with Crippen LogP contribution in [-0.2, 0) is 4.79 Å². The van der Waals surface area contributed by atoms with Crippen LogP contribution in [0.3, 0.4) is 0 Å². The highest BCUT2D eigenvalue weighted by atomic mass is 16.5. The smallest absolute Gasteiger partial charge is 0.263 e. The van der Waals surface area contributed by atoms with Gasteiger partial charge in [-0.3, -0.25) is 9.59 Å². The van der Waals surface area contributed by atoms with Gasteiger partial charge in [0, 0.05) is 25.2 Å². The van der Waals surface area contributed by atoms with Crippen molar-refractivity contribution in [2.75, 3.05) is 26.2 Å². The molecule has 2 aliphatic rings. The van der Waals surface area contributed by atoms with Crippen molar-refractivity contribution < 1.29 is 19.1 Å². The van der Waals surface area contributed by atoms with Crippen LogP contribution in [0.1, 0.15) is 43.0 Å². The Bertz CT molecular complexity index is 878. The molecule has 4 rings (SSSR count). The van der Waals surface area contributed by atoms with Crippen molar-refractivity contribution in [3.8, 4) is 11.5 Å². The normalized spacial score (nSPS) is 19.3. The van der Waals surface area contributed by atoms with Crippen LogP contribution in [0.25, 0.3) is 0 Å². The zero-order chi connectivity index (χ0) is 21.6. The monoisotopic (exact) mass is 422 g/mol. The Morgan fingerprint density at radius 3 is 2.35 bits per heavy atom. The number of hydrogen-bond acceptors (Lipinski definition) is 4. The van der Waals surface area contributed by atoms with Gasteiger partial charge in [0.15, 0.2) is 6.10 Å². The molecule has 2 heterocycles. The molecular weight excluding hydrogens is 392 g/mol. The quantitative estimate of drug-likeness (QED) is 0.682. The Morgan fingerprint density at radius 1 is 0.935 bits per heavy atom. The van der Waals surface area contributed by atoms with E-state index in [1.54, 1.807) is 6.92 Å². The molecule has 0 saturated carbocycles. The molecule has 0 aliphatic carbocycles. The molecule has 6 nitrogen and oxygen atoms in total. The number of carbonyl (C=O) groups is 2. The summed E-state index contributed by atoms with van der Waals surface area (Å²) < 4.78 is 11.8.